The molecule has 0 aliphatic rings. The van der Waals surface area contributed by atoms with Crippen molar-refractivity contribution in [3.05, 3.63) is 58.7 Å². The van der Waals surface area contributed by atoms with Gasteiger partial charge in [-0.05, 0) is 30.7 Å². The maximum absolute atomic E-state index is 10.9. The maximum Gasteiger partial charge on any atom is 0.333 e. The highest BCUT2D eigenvalue weighted by Crippen LogP contribution is 2.21. The van der Waals surface area contributed by atoms with Gasteiger partial charge in [-0.25, -0.2) is 4.85 Å². The van der Waals surface area contributed by atoms with Crippen molar-refractivity contribution in [1.29, 1.82) is 0 Å². The number of aromatic nitrogens is 1. The second kappa shape index (κ2) is 4.68. The van der Waals surface area contributed by atoms with E-state index in [1.807, 2.05) is 31.2 Å². The van der Waals surface area contributed by atoms with E-state index in [1.165, 1.54) is 6.08 Å². The van der Waals surface area contributed by atoms with Gasteiger partial charge in [-0.1, -0.05) is 18.2 Å². The Morgan fingerprint density at radius 1 is 1.44 bits per heavy atom. The number of carboxylic acid groups (broad SMARTS) is 1. The Labute approximate surface area is 104 Å². The first-order chi connectivity index (χ1) is 8.61. The zero-order chi connectivity index (χ0) is 13.1. The summed E-state index contributed by atoms with van der Waals surface area (Å²) in [5.74, 6) is -1.22. The van der Waals surface area contributed by atoms with Crippen LogP contribution in [0.2, 0.25) is 0 Å². The van der Waals surface area contributed by atoms with Crippen molar-refractivity contribution >= 4 is 22.9 Å². The van der Waals surface area contributed by atoms with Gasteiger partial charge in [0.2, 0.25) is 0 Å². The number of carboxylic acids is 1. The topological polar surface area (TPSA) is 54.5 Å². The first-order valence-electron chi connectivity index (χ1n) is 5.30. The zero-order valence-electron chi connectivity index (χ0n) is 9.71. The number of nitrogens with zero attached hydrogens (tertiary/aromatic N) is 2. The Kier molecular flexibility index (Phi) is 3.07. The van der Waals surface area contributed by atoms with E-state index in [0.717, 1.165) is 16.6 Å². The largest absolute Gasteiger partial charge is 0.486 e. The van der Waals surface area contributed by atoms with E-state index in [1.54, 1.807) is 6.07 Å². The van der Waals surface area contributed by atoms with Crippen molar-refractivity contribution < 1.29 is 9.90 Å². The third-order valence-corrected chi connectivity index (χ3v) is 2.51. The number of fused-ring (bicyclic) bond motifs is 1. The van der Waals surface area contributed by atoms with Gasteiger partial charge in [0.15, 0.2) is 0 Å². The molecule has 1 aromatic heterocycles. The van der Waals surface area contributed by atoms with Crippen LogP contribution in [-0.4, -0.2) is 16.1 Å². The number of carbonyl (C=O) groups is 1. The summed E-state index contributed by atoms with van der Waals surface area (Å²) in [6.45, 7) is 8.70. The van der Waals surface area contributed by atoms with E-state index in [2.05, 4.69) is 9.83 Å². The van der Waals surface area contributed by atoms with Gasteiger partial charge in [0, 0.05) is 11.1 Å². The van der Waals surface area contributed by atoms with Gasteiger partial charge in [0.1, 0.15) is 0 Å². The molecule has 2 aromatic rings. The predicted molar refractivity (Wildman–Crippen MR) is 68.7 cm³/mol. The van der Waals surface area contributed by atoms with E-state index < -0.39 is 5.97 Å². The smallest absolute Gasteiger partial charge is 0.333 e. The lowest BCUT2D eigenvalue weighted by atomic mass is 10.1. The van der Waals surface area contributed by atoms with Gasteiger partial charge in [-0.15, -0.1) is 0 Å². The molecular weight excluding hydrogens is 228 g/mol. The Balaban J connectivity index is 2.72. The van der Waals surface area contributed by atoms with Crippen molar-refractivity contribution in [2.75, 3.05) is 0 Å². The molecule has 1 aromatic carbocycles. The van der Waals surface area contributed by atoms with Crippen LogP contribution >= 0.6 is 0 Å². The molecule has 0 atom stereocenters. The molecule has 2 rings (SSSR count). The summed E-state index contributed by atoms with van der Waals surface area (Å²) < 4.78 is 0. The fraction of sp³-hybridized carbons (Fsp3) is 0.0714. The molecule has 0 amide bonds. The van der Waals surface area contributed by atoms with Gasteiger partial charge in [-0.2, -0.15) is 0 Å². The van der Waals surface area contributed by atoms with E-state index in [-0.39, 0.29) is 5.70 Å². The van der Waals surface area contributed by atoms with Gasteiger partial charge >= 0.3 is 5.97 Å². The summed E-state index contributed by atoms with van der Waals surface area (Å²) >= 11 is 0. The number of para-hydroxylation sites is 1. The summed E-state index contributed by atoms with van der Waals surface area (Å²) in [7, 11) is 0. The molecule has 1 N–H and O–H groups in total. The quantitative estimate of drug-likeness (QED) is 0.646. The second-order valence-corrected chi connectivity index (χ2v) is 3.82. The highest BCUT2D eigenvalue weighted by molar-refractivity contribution is 5.98. The molecule has 0 radical (unpaired) electrons. The van der Waals surface area contributed by atoms with Crippen LogP contribution in [0.15, 0.2) is 36.0 Å². The standard InChI is InChI=1S/C14H10N2O2/c1-9-7-10(8-13(15-2)14(17)18)11-5-3-4-6-12(11)16-9/h3-8H,1H3,(H,17,18)/b13-8-. The molecule has 0 bridgehead atoms. The van der Waals surface area contributed by atoms with Crippen LogP contribution < -0.4 is 0 Å². The molecule has 0 saturated carbocycles. The minimum atomic E-state index is -1.22. The average Bonchev–Trinajstić information content (AvgIpc) is 2.35. The number of hydrogen-bond donors (Lipinski definition) is 1. The SMILES string of the molecule is [C-]#[N+]/C(=C\c1cc(C)nc2ccccc12)C(=O)O. The average molecular weight is 238 g/mol. The molecule has 0 saturated heterocycles. The number of benzene rings is 1. The van der Waals surface area contributed by atoms with Crippen LogP contribution in [0, 0.1) is 13.5 Å². The molecule has 18 heavy (non-hydrogen) atoms. The number of rotatable bonds is 2. The molecule has 0 aliphatic heterocycles. The van der Waals surface area contributed by atoms with E-state index >= 15 is 0 Å². The normalized spacial score (nSPS) is 11.2. The van der Waals surface area contributed by atoms with Crippen LogP contribution in [0.4, 0.5) is 0 Å². The first-order valence-corrected chi connectivity index (χ1v) is 5.30. The lowest BCUT2D eigenvalue weighted by Gasteiger charge is -2.04. The minimum Gasteiger partial charge on any atom is -0.486 e. The third-order valence-electron chi connectivity index (χ3n) is 2.51. The van der Waals surface area contributed by atoms with E-state index in [9.17, 15) is 4.79 Å². The van der Waals surface area contributed by atoms with Crippen LogP contribution in [0.25, 0.3) is 21.8 Å². The lowest BCUT2D eigenvalue weighted by molar-refractivity contribution is -0.132. The molecule has 0 fully saturated rings. The molecule has 0 unspecified atom stereocenters. The summed E-state index contributed by atoms with van der Waals surface area (Å²) in [5, 5.41) is 9.72. The zero-order valence-corrected chi connectivity index (χ0v) is 9.71. The molecule has 0 aliphatic carbocycles. The van der Waals surface area contributed by atoms with E-state index in [4.69, 9.17) is 11.7 Å². The summed E-state index contributed by atoms with van der Waals surface area (Å²) in [4.78, 5) is 18.2. The van der Waals surface area contributed by atoms with Gasteiger partial charge in [0.05, 0.1) is 12.1 Å². The minimum absolute atomic E-state index is 0.300. The summed E-state index contributed by atoms with van der Waals surface area (Å²) in [6, 6.07) is 9.22. The highest BCUT2D eigenvalue weighted by atomic mass is 16.4. The monoisotopic (exact) mass is 238 g/mol. The Morgan fingerprint density at radius 3 is 2.83 bits per heavy atom. The second-order valence-electron chi connectivity index (χ2n) is 3.82. The van der Waals surface area contributed by atoms with Crippen molar-refractivity contribution in [3.8, 4) is 0 Å². The molecular formula is C14H10N2O2. The summed E-state index contributed by atoms with van der Waals surface area (Å²) in [5.41, 5.74) is 1.98. The predicted octanol–water partition coefficient (Wildman–Crippen LogP) is 2.89. The number of hydrogen-bond acceptors (Lipinski definition) is 2. The molecule has 4 heteroatoms. The molecule has 0 spiro atoms. The van der Waals surface area contributed by atoms with Crippen LogP contribution in [-0.2, 0) is 4.79 Å². The Bertz CT molecular complexity index is 696. The summed E-state index contributed by atoms with van der Waals surface area (Å²) in [6.07, 6.45) is 1.38. The highest BCUT2D eigenvalue weighted by Gasteiger charge is 2.09. The van der Waals surface area contributed by atoms with Crippen LogP contribution in [0.3, 0.4) is 0 Å². The van der Waals surface area contributed by atoms with Crippen LogP contribution in [0.1, 0.15) is 11.3 Å². The van der Waals surface area contributed by atoms with Gasteiger partial charge in [0.25, 0.3) is 5.70 Å². The number of pyridine rings is 1. The molecule has 1 heterocycles. The van der Waals surface area contributed by atoms with Gasteiger partial charge < -0.3 is 5.11 Å². The molecule has 88 valence electrons. The molecule has 4 nitrogen and oxygen atoms in total. The maximum atomic E-state index is 10.9. The number of aliphatic carboxylic acids is 1. The van der Waals surface area contributed by atoms with Crippen molar-refractivity contribution in [2.24, 2.45) is 0 Å². The van der Waals surface area contributed by atoms with Crippen molar-refractivity contribution in [1.82, 2.24) is 4.98 Å². The van der Waals surface area contributed by atoms with Crippen LogP contribution in [0.5, 0.6) is 0 Å². The third kappa shape index (κ3) is 2.20. The fourth-order valence-electron chi connectivity index (χ4n) is 1.75. The van der Waals surface area contributed by atoms with E-state index in [0.29, 0.717) is 5.56 Å². The lowest BCUT2D eigenvalue weighted by Crippen LogP contribution is -1.96. The first kappa shape index (κ1) is 11.8. The number of aryl methyl sites for hydroxylation is 1. The van der Waals surface area contributed by atoms with Crippen molar-refractivity contribution in [3.63, 3.8) is 0 Å². The Morgan fingerprint density at radius 2 is 2.17 bits per heavy atom. The Hall–Kier alpha value is -2.67. The van der Waals surface area contributed by atoms with Gasteiger partial charge in [-0.3, -0.25) is 9.78 Å². The fourth-order valence-corrected chi connectivity index (χ4v) is 1.75. The van der Waals surface area contributed by atoms with Crippen molar-refractivity contribution in [2.45, 2.75) is 6.92 Å².